The van der Waals surface area contributed by atoms with Gasteiger partial charge in [0.15, 0.2) is 0 Å². The minimum absolute atomic E-state index is 0.273. The number of ether oxygens (including phenoxy) is 2. The first kappa shape index (κ1) is 13.4. The van der Waals surface area contributed by atoms with Crippen molar-refractivity contribution in [2.45, 2.75) is 38.8 Å². The third kappa shape index (κ3) is 2.68. The summed E-state index contributed by atoms with van der Waals surface area (Å²) in [7, 11) is 1.72. The highest BCUT2D eigenvalue weighted by Crippen LogP contribution is 2.34. The maximum absolute atomic E-state index is 5.88. The molecule has 0 amide bonds. The van der Waals surface area contributed by atoms with Crippen LogP contribution >= 0.6 is 0 Å². The number of hydrogen-bond donors (Lipinski definition) is 1. The lowest BCUT2D eigenvalue weighted by Crippen LogP contribution is -2.37. The molecule has 1 aliphatic rings. The summed E-state index contributed by atoms with van der Waals surface area (Å²) in [5.74, 6) is 0.925. The Morgan fingerprint density at radius 3 is 2.83 bits per heavy atom. The third-order valence-corrected chi connectivity index (χ3v) is 3.56. The monoisotopic (exact) mass is 249 g/mol. The van der Waals surface area contributed by atoms with Crippen LogP contribution in [0, 0.1) is 0 Å². The van der Waals surface area contributed by atoms with Crippen molar-refractivity contribution < 1.29 is 9.47 Å². The van der Waals surface area contributed by atoms with Gasteiger partial charge in [0.1, 0.15) is 5.75 Å². The number of hydrogen-bond acceptors (Lipinski definition) is 3. The molecule has 0 heterocycles. The fourth-order valence-corrected chi connectivity index (χ4v) is 2.74. The molecule has 2 atom stereocenters. The Hall–Kier alpha value is -1.06. The summed E-state index contributed by atoms with van der Waals surface area (Å²) in [4.78, 5) is 0. The summed E-state index contributed by atoms with van der Waals surface area (Å²) in [6.07, 6.45) is 2.45. The van der Waals surface area contributed by atoms with Gasteiger partial charge in [0.05, 0.1) is 19.3 Å². The first-order valence-electron chi connectivity index (χ1n) is 6.82. The molecule has 18 heavy (non-hydrogen) atoms. The molecular formula is C15H23NO2. The van der Waals surface area contributed by atoms with Gasteiger partial charge >= 0.3 is 0 Å². The second-order valence-corrected chi connectivity index (χ2v) is 4.63. The summed E-state index contributed by atoms with van der Waals surface area (Å²) >= 11 is 0. The fraction of sp³-hybridized carbons (Fsp3) is 0.600. The lowest BCUT2D eigenvalue weighted by Gasteiger charge is -2.34. The van der Waals surface area contributed by atoms with Gasteiger partial charge in [-0.05, 0) is 49.6 Å². The van der Waals surface area contributed by atoms with E-state index in [0.29, 0.717) is 0 Å². The quantitative estimate of drug-likeness (QED) is 0.870. The summed E-state index contributed by atoms with van der Waals surface area (Å²) < 4.78 is 11.2. The van der Waals surface area contributed by atoms with Gasteiger partial charge < -0.3 is 14.8 Å². The topological polar surface area (TPSA) is 30.5 Å². The summed E-state index contributed by atoms with van der Waals surface area (Å²) in [6, 6.07) is 6.66. The smallest absolute Gasteiger partial charge is 0.119 e. The number of rotatable bonds is 5. The van der Waals surface area contributed by atoms with Gasteiger partial charge in [-0.2, -0.15) is 0 Å². The van der Waals surface area contributed by atoms with Crippen molar-refractivity contribution in [3.63, 3.8) is 0 Å². The predicted octanol–water partition coefficient (Wildman–Crippen LogP) is 2.70. The normalized spacial score (nSPS) is 22.6. The van der Waals surface area contributed by atoms with E-state index in [4.69, 9.17) is 9.47 Å². The molecule has 0 fully saturated rings. The lowest BCUT2D eigenvalue weighted by molar-refractivity contribution is 0.0237. The highest BCUT2D eigenvalue weighted by atomic mass is 16.5. The van der Waals surface area contributed by atoms with Crippen molar-refractivity contribution in [1.29, 1.82) is 0 Å². The first-order chi connectivity index (χ1) is 8.80. The number of methoxy groups -OCH3 is 1. The summed E-state index contributed by atoms with van der Waals surface area (Å²) in [5.41, 5.74) is 2.75. The maximum atomic E-state index is 5.88. The summed E-state index contributed by atoms with van der Waals surface area (Å²) in [5, 5.41) is 3.55. The molecule has 3 heteroatoms. The zero-order chi connectivity index (χ0) is 13.0. The van der Waals surface area contributed by atoms with Gasteiger partial charge in [0.25, 0.3) is 0 Å². The van der Waals surface area contributed by atoms with Gasteiger partial charge in [-0.3, -0.25) is 0 Å². The molecule has 0 spiro atoms. The average Bonchev–Trinajstić information content (AvgIpc) is 2.41. The molecule has 3 nitrogen and oxygen atoms in total. The molecule has 1 N–H and O–H groups in total. The molecular weight excluding hydrogens is 226 g/mol. The molecule has 1 aliphatic carbocycles. The maximum Gasteiger partial charge on any atom is 0.119 e. The standard InChI is InChI=1S/C15H23NO2/c1-4-16-15-13-10-12(17-3)8-6-11(13)7-9-14(15)18-5-2/h6,8,10,14-16H,4-5,7,9H2,1-3H3. The summed E-state index contributed by atoms with van der Waals surface area (Å²) in [6.45, 7) is 5.91. The van der Waals surface area contributed by atoms with Gasteiger partial charge in [0.2, 0.25) is 0 Å². The van der Waals surface area contributed by atoms with Crippen LogP contribution in [0.15, 0.2) is 18.2 Å². The molecule has 100 valence electrons. The van der Waals surface area contributed by atoms with Crippen LogP contribution in [-0.4, -0.2) is 26.4 Å². The van der Waals surface area contributed by atoms with Crippen molar-refractivity contribution in [3.8, 4) is 5.75 Å². The fourth-order valence-electron chi connectivity index (χ4n) is 2.74. The van der Waals surface area contributed by atoms with Gasteiger partial charge in [0, 0.05) is 6.61 Å². The Morgan fingerprint density at radius 2 is 2.17 bits per heavy atom. The zero-order valence-electron chi connectivity index (χ0n) is 11.5. The molecule has 1 aromatic rings. The highest BCUT2D eigenvalue weighted by Gasteiger charge is 2.29. The molecule has 0 radical (unpaired) electrons. The molecule has 2 rings (SSSR count). The van der Waals surface area contributed by atoms with E-state index in [-0.39, 0.29) is 12.1 Å². The number of likely N-dealkylation sites (N-methyl/N-ethyl adjacent to an activating group) is 1. The SMILES string of the molecule is CCNC1c2cc(OC)ccc2CCC1OCC. The van der Waals surface area contributed by atoms with Crippen LogP contribution < -0.4 is 10.1 Å². The lowest BCUT2D eigenvalue weighted by atomic mass is 9.85. The van der Waals surface area contributed by atoms with E-state index >= 15 is 0 Å². The van der Waals surface area contributed by atoms with Crippen molar-refractivity contribution in [2.75, 3.05) is 20.3 Å². The van der Waals surface area contributed by atoms with E-state index in [1.165, 1.54) is 11.1 Å². The van der Waals surface area contributed by atoms with Crippen LogP contribution in [0.3, 0.4) is 0 Å². The number of benzene rings is 1. The van der Waals surface area contributed by atoms with Crippen LogP contribution in [-0.2, 0) is 11.2 Å². The van der Waals surface area contributed by atoms with Gasteiger partial charge in [-0.15, -0.1) is 0 Å². The molecule has 0 saturated heterocycles. The minimum Gasteiger partial charge on any atom is -0.497 e. The molecule has 0 aromatic heterocycles. The van der Waals surface area contributed by atoms with E-state index in [9.17, 15) is 0 Å². The van der Waals surface area contributed by atoms with Gasteiger partial charge in [-0.1, -0.05) is 13.0 Å². The number of fused-ring (bicyclic) bond motifs is 1. The van der Waals surface area contributed by atoms with Crippen LogP contribution in [0.2, 0.25) is 0 Å². The van der Waals surface area contributed by atoms with E-state index in [1.54, 1.807) is 7.11 Å². The van der Waals surface area contributed by atoms with Crippen molar-refractivity contribution in [2.24, 2.45) is 0 Å². The van der Waals surface area contributed by atoms with E-state index < -0.39 is 0 Å². The Bertz CT molecular complexity index is 392. The Balaban J connectivity index is 2.30. The average molecular weight is 249 g/mol. The molecule has 2 unspecified atom stereocenters. The Kier molecular flexibility index (Phi) is 4.61. The molecule has 0 bridgehead atoms. The van der Waals surface area contributed by atoms with Crippen LogP contribution in [0.4, 0.5) is 0 Å². The molecule has 0 saturated carbocycles. The third-order valence-electron chi connectivity index (χ3n) is 3.56. The molecule has 1 aromatic carbocycles. The van der Waals surface area contributed by atoms with E-state index in [2.05, 4.69) is 31.3 Å². The zero-order valence-corrected chi connectivity index (χ0v) is 11.5. The molecule has 0 aliphatic heterocycles. The van der Waals surface area contributed by atoms with Crippen LogP contribution in [0.25, 0.3) is 0 Å². The number of nitrogens with one attached hydrogen (secondary N) is 1. The Morgan fingerprint density at radius 1 is 1.33 bits per heavy atom. The van der Waals surface area contributed by atoms with Crippen LogP contribution in [0.5, 0.6) is 5.75 Å². The first-order valence-corrected chi connectivity index (χ1v) is 6.82. The Labute approximate surface area is 109 Å². The van der Waals surface area contributed by atoms with Gasteiger partial charge in [-0.25, -0.2) is 0 Å². The highest BCUT2D eigenvalue weighted by molar-refractivity contribution is 5.40. The van der Waals surface area contributed by atoms with Crippen molar-refractivity contribution in [1.82, 2.24) is 5.32 Å². The van der Waals surface area contributed by atoms with Crippen LogP contribution in [0.1, 0.15) is 37.4 Å². The second kappa shape index (κ2) is 6.21. The minimum atomic E-state index is 0.273. The number of aryl methyl sites for hydroxylation is 1. The largest absolute Gasteiger partial charge is 0.497 e. The van der Waals surface area contributed by atoms with E-state index in [0.717, 1.165) is 31.7 Å². The predicted molar refractivity (Wildman–Crippen MR) is 73.1 cm³/mol. The second-order valence-electron chi connectivity index (χ2n) is 4.63. The van der Waals surface area contributed by atoms with Crippen molar-refractivity contribution >= 4 is 0 Å². The van der Waals surface area contributed by atoms with E-state index in [1.807, 2.05) is 6.07 Å². The van der Waals surface area contributed by atoms with Crippen molar-refractivity contribution in [3.05, 3.63) is 29.3 Å².